The maximum Gasteiger partial charge on any atom is 0.125 e. The number of rotatable bonds is 5. The van der Waals surface area contributed by atoms with Crippen molar-refractivity contribution in [1.29, 1.82) is 0 Å². The molecule has 1 aliphatic heterocycles. The summed E-state index contributed by atoms with van der Waals surface area (Å²) in [6.45, 7) is 4.15. The molecular formula is C15H24N2O2. The Labute approximate surface area is 115 Å². The average molecular weight is 264 g/mol. The van der Waals surface area contributed by atoms with Crippen LogP contribution < -0.4 is 15.0 Å². The molecule has 1 aliphatic rings. The van der Waals surface area contributed by atoms with Crippen molar-refractivity contribution in [3.05, 3.63) is 23.8 Å². The van der Waals surface area contributed by atoms with E-state index < -0.39 is 0 Å². The fourth-order valence-electron chi connectivity index (χ4n) is 2.71. The van der Waals surface area contributed by atoms with E-state index in [0.29, 0.717) is 6.10 Å². The maximum atomic E-state index is 5.52. The van der Waals surface area contributed by atoms with Gasteiger partial charge in [-0.2, -0.15) is 0 Å². The molecule has 4 heteroatoms. The van der Waals surface area contributed by atoms with Crippen LogP contribution in [0.25, 0.3) is 0 Å². The fraction of sp³-hybridized carbons (Fsp3) is 0.600. The predicted octanol–water partition coefficient (Wildman–Crippen LogP) is 2.20. The van der Waals surface area contributed by atoms with Crippen LogP contribution in [0.15, 0.2) is 18.2 Å². The summed E-state index contributed by atoms with van der Waals surface area (Å²) in [5, 5.41) is 3.31. The SMILES string of the molecule is CNC(C)c1c(OC)cccc1N1CCC(OC)C1. The van der Waals surface area contributed by atoms with Crippen LogP contribution in [0.3, 0.4) is 0 Å². The van der Waals surface area contributed by atoms with Gasteiger partial charge in [-0.1, -0.05) is 6.07 Å². The highest BCUT2D eigenvalue weighted by Crippen LogP contribution is 2.36. The van der Waals surface area contributed by atoms with E-state index in [1.54, 1.807) is 14.2 Å². The third kappa shape index (κ3) is 2.85. The zero-order valence-electron chi connectivity index (χ0n) is 12.3. The summed E-state index contributed by atoms with van der Waals surface area (Å²) in [7, 11) is 5.49. The predicted molar refractivity (Wildman–Crippen MR) is 78.1 cm³/mol. The normalized spacial score (nSPS) is 20.6. The number of methoxy groups -OCH3 is 2. The Kier molecular flexibility index (Phi) is 4.66. The standard InChI is InChI=1S/C15H24N2O2/c1-11(16-2)15-13(6-5-7-14(15)19-4)17-9-8-12(10-17)18-3/h5-7,11-12,16H,8-10H2,1-4H3. The van der Waals surface area contributed by atoms with Crippen LogP contribution in [-0.2, 0) is 4.74 Å². The molecule has 2 unspecified atom stereocenters. The molecule has 0 aliphatic carbocycles. The van der Waals surface area contributed by atoms with Crippen molar-refractivity contribution in [1.82, 2.24) is 5.32 Å². The van der Waals surface area contributed by atoms with Gasteiger partial charge < -0.3 is 19.7 Å². The quantitative estimate of drug-likeness (QED) is 0.884. The first-order chi connectivity index (χ1) is 9.21. The molecule has 0 bridgehead atoms. The minimum Gasteiger partial charge on any atom is -0.496 e. The van der Waals surface area contributed by atoms with Gasteiger partial charge in [-0.05, 0) is 32.5 Å². The lowest BCUT2D eigenvalue weighted by molar-refractivity contribution is 0.121. The van der Waals surface area contributed by atoms with Crippen LogP contribution in [0.4, 0.5) is 5.69 Å². The van der Waals surface area contributed by atoms with Crippen molar-refractivity contribution in [3.8, 4) is 5.75 Å². The Balaban J connectivity index is 2.34. The third-order valence-electron chi connectivity index (χ3n) is 3.95. The van der Waals surface area contributed by atoms with E-state index in [1.165, 1.54) is 11.3 Å². The van der Waals surface area contributed by atoms with Gasteiger partial charge in [0.1, 0.15) is 5.75 Å². The van der Waals surface area contributed by atoms with Crippen molar-refractivity contribution >= 4 is 5.69 Å². The van der Waals surface area contributed by atoms with Crippen molar-refractivity contribution in [2.75, 3.05) is 39.3 Å². The van der Waals surface area contributed by atoms with Crippen molar-refractivity contribution < 1.29 is 9.47 Å². The van der Waals surface area contributed by atoms with Crippen molar-refractivity contribution in [2.45, 2.75) is 25.5 Å². The highest BCUT2D eigenvalue weighted by molar-refractivity contribution is 5.61. The molecule has 4 nitrogen and oxygen atoms in total. The molecule has 1 heterocycles. The van der Waals surface area contributed by atoms with E-state index in [1.807, 2.05) is 13.1 Å². The average Bonchev–Trinajstić information content (AvgIpc) is 2.94. The topological polar surface area (TPSA) is 33.7 Å². The van der Waals surface area contributed by atoms with Gasteiger partial charge in [-0.3, -0.25) is 0 Å². The summed E-state index contributed by atoms with van der Waals surface area (Å²) < 4.78 is 11.0. The molecule has 1 N–H and O–H groups in total. The zero-order valence-corrected chi connectivity index (χ0v) is 12.3. The van der Waals surface area contributed by atoms with E-state index in [9.17, 15) is 0 Å². The van der Waals surface area contributed by atoms with Crippen LogP contribution in [0.5, 0.6) is 5.75 Å². The zero-order chi connectivity index (χ0) is 13.8. The van der Waals surface area contributed by atoms with Gasteiger partial charge in [0.25, 0.3) is 0 Å². The van der Waals surface area contributed by atoms with Gasteiger partial charge in [0.05, 0.1) is 13.2 Å². The summed E-state index contributed by atoms with van der Waals surface area (Å²) in [6.07, 6.45) is 1.42. The molecule has 1 saturated heterocycles. The molecule has 0 saturated carbocycles. The number of hydrogen-bond acceptors (Lipinski definition) is 4. The molecule has 1 aromatic carbocycles. The van der Waals surface area contributed by atoms with E-state index in [4.69, 9.17) is 9.47 Å². The first-order valence-electron chi connectivity index (χ1n) is 6.83. The highest BCUT2D eigenvalue weighted by atomic mass is 16.5. The van der Waals surface area contributed by atoms with Gasteiger partial charge in [-0.15, -0.1) is 0 Å². The summed E-state index contributed by atoms with van der Waals surface area (Å²) in [5.74, 6) is 0.945. The molecule has 2 atom stereocenters. The lowest BCUT2D eigenvalue weighted by atomic mass is 10.0. The first-order valence-corrected chi connectivity index (χ1v) is 6.83. The van der Waals surface area contributed by atoms with E-state index in [2.05, 4.69) is 29.3 Å². The minimum absolute atomic E-state index is 0.257. The smallest absolute Gasteiger partial charge is 0.125 e. The molecule has 106 valence electrons. The molecule has 0 spiro atoms. The van der Waals surface area contributed by atoms with Crippen LogP contribution in [0, 0.1) is 0 Å². The molecule has 1 aromatic rings. The second kappa shape index (κ2) is 6.26. The monoisotopic (exact) mass is 264 g/mol. The fourth-order valence-corrected chi connectivity index (χ4v) is 2.71. The minimum atomic E-state index is 0.257. The lowest BCUT2D eigenvalue weighted by Crippen LogP contribution is -2.25. The number of hydrogen-bond donors (Lipinski definition) is 1. The van der Waals surface area contributed by atoms with Gasteiger partial charge in [-0.25, -0.2) is 0 Å². The van der Waals surface area contributed by atoms with E-state index in [0.717, 1.165) is 25.3 Å². The second-order valence-electron chi connectivity index (χ2n) is 5.00. The molecule has 2 rings (SSSR count). The number of nitrogens with one attached hydrogen (secondary N) is 1. The van der Waals surface area contributed by atoms with Crippen LogP contribution >= 0.6 is 0 Å². The van der Waals surface area contributed by atoms with Crippen molar-refractivity contribution in [3.63, 3.8) is 0 Å². The number of anilines is 1. The third-order valence-corrected chi connectivity index (χ3v) is 3.95. The summed E-state index contributed by atoms with van der Waals surface area (Å²) in [5.41, 5.74) is 2.48. The Hall–Kier alpha value is -1.26. The van der Waals surface area contributed by atoms with Crippen molar-refractivity contribution in [2.24, 2.45) is 0 Å². The van der Waals surface area contributed by atoms with Gasteiger partial charge in [0.15, 0.2) is 0 Å². The largest absolute Gasteiger partial charge is 0.496 e. The maximum absolute atomic E-state index is 5.52. The van der Waals surface area contributed by atoms with Gasteiger partial charge in [0.2, 0.25) is 0 Å². The highest BCUT2D eigenvalue weighted by Gasteiger charge is 2.26. The first kappa shape index (κ1) is 14.2. The molecule has 0 amide bonds. The Morgan fingerprint density at radius 3 is 2.74 bits per heavy atom. The molecule has 0 radical (unpaired) electrons. The summed E-state index contributed by atoms with van der Waals surface area (Å²) in [6, 6.07) is 6.51. The Morgan fingerprint density at radius 2 is 2.16 bits per heavy atom. The van der Waals surface area contributed by atoms with Crippen LogP contribution in [-0.4, -0.2) is 40.5 Å². The second-order valence-corrected chi connectivity index (χ2v) is 5.00. The van der Waals surface area contributed by atoms with Crippen LogP contribution in [0.1, 0.15) is 24.9 Å². The number of benzene rings is 1. The van der Waals surface area contributed by atoms with E-state index in [-0.39, 0.29) is 6.04 Å². The summed E-state index contributed by atoms with van der Waals surface area (Å²) >= 11 is 0. The summed E-state index contributed by atoms with van der Waals surface area (Å²) in [4.78, 5) is 2.39. The lowest BCUT2D eigenvalue weighted by Gasteiger charge is -2.26. The van der Waals surface area contributed by atoms with E-state index >= 15 is 0 Å². The molecule has 1 fully saturated rings. The number of nitrogens with zero attached hydrogens (tertiary/aromatic N) is 1. The number of ether oxygens (including phenoxy) is 2. The molecule has 19 heavy (non-hydrogen) atoms. The molecular weight excluding hydrogens is 240 g/mol. The van der Waals surface area contributed by atoms with Crippen LogP contribution in [0.2, 0.25) is 0 Å². The van der Waals surface area contributed by atoms with Gasteiger partial charge in [0, 0.05) is 37.5 Å². The Bertz CT molecular complexity index is 423. The Morgan fingerprint density at radius 1 is 1.37 bits per heavy atom. The van der Waals surface area contributed by atoms with Gasteiger partial charge >= 0.3 is 0 Å². The molecule has 0 aromatic heterocycles.